The lowest BCUT2D eigenvalue weighted by Gasteiger charge is -2.25. The Labute approximate surface area is 121 Å². The van der Waals surface area contributed by atoms with Crippen LogP contribution in [0.15, 0.2) is 0 Å². The highest BCUT2D eigenvalue weighted by atomic mass is 16.2. The third-order valence-corrected chi connectivity index (χ3v) is 3.37. The number of nitrogens with one attached hydrogen (secondary N) is 1. The number of nitrogen functional groups attached to an aromatic ring is 1. The largest absolute Gasteiger partial charge is 0.395 e. The van der Waals surface area contributed by atoms with Crippen LogP contribution in [0.25, 0.3) is 0 Å². The van der Waals surface area contributed by atoms with Gasteiger partial charge in [0.15, 0.2) is 0 Å². The van der Waals surface area contributed by atoms with Gasteiger partial charge in [-0.1, -0.05) is 13.8 Å². The number of likely N-dealkylation sites (N-methyl/N-ethyl adjacent to an activating group) is 1. The molecule has 0 aliphatic heterocycles. The second-order valence-electron chi connectivity index (χ2n) is 5.75. The van der Waals surface area contributed by atoms with Crippen LogP contribution < -0.4 is 11.1 Å². The van der Waals surface area contributed by atoms with E-state index in [0.29, 0.717) is 29.5 Å². The van der Waals surface area contributed by atoms with Crippen molar-refractivity contribution in [2.45, 2.75) is 40.3 Å². The van der Waals surface area contributed by atoms with Crippen LogP contribution in [0.5, 0.6) is 0 Å². The van der Waals surface area contributed by atoms with Gasteiger partial charge in [0.1, 0.15) is 5.69 Å². The predicted molar refractivity (Wildman–Crippen MR) is 81.7 cm³/mol. The summed E-state index contributed by atoms with van der Waals surface area (Å²) in [7, 11) is 3.99. The maximum Gasteiger partial charge on any atom is 0.271 e. The smallest absolute Gasteiger partial charge is 0.271 e. The van der Waals surface area contributed by atoms with Gasteiger partial charge in [0.05, 0.1) is 11.4 Å². The number of aromatic nitrogens is 2. The molecule has 0 radical (unpaired) electrons. The number of hydrogen-bond donors (Lipinski definition) is 2. The molecule has 1 aromatic heterocycles. The van der Waals surface area contributed by atoms with Crippen LogP contribution in [0.3, 0.4) is 0 Å². The van der Waals surface area contributed by atoms with Gasteiger partial charge in [-0.15, -0.1) is 0 Å². The van der Waals surface area contributed by atoms with Gasteiger partial charge in [-0.05, 0) is 33.9 Å². The quantitative estimate of drug-likeness (QED) is 0.819. The van der Waals surface area contributed by atoms with Crippen LogP contribution in [0.4, 0.5) is 5.69 Å². The molecule has 1 heterocycles. The Morgan fingerprint density at radius 1 is 1.45 bits per heavy atom. The fourth-order valence-electron chi connectivity index (χ4n) is 2.12. The van der Waals surface area contributed by atoms with Crippen LogP contribution in [0, 0.1) is 12.8 Å². The van der Waals surface area contributed by atoms with E-state index < -0.39 is 0 Å². The topological polar surface area (TPSA) is 76.2 Å². The lowest BCUT2D eigenvalue weighted by molar-refractivity contribution is 0.0906. The fraction of sp³-hybridized carbons (Fsp3) is 0.714. The monoisotopic (exact) mass is 281 g/mol. The Balaban J connectivity index is 2.94. The molecule has 0 aliphatic carbocycles. The zero-order valence-electron chi connectivity index (χ0n) is 13.4. The van der Waals surface area contributed by atoms with Gasteiger partial charge in [0.2, 0.25) is 0 Å². The van der Waals surface area contributed by atoms with Crippen molar-refractivity contribution >= 4 is 11.6 Å². The van der Waals surface area contributed by atoms with Gasteiger partial charge in [-0.25, -0.2) is 0 Å². The number of aryl methyl sites for hydroxylation is 2. The highest BCUT2D eigenvalue weighted by Crippen LogP contribution is 2.17. The zero-order chi connectivity index (χ0) is 15.4. The molecule has 1 aromatic rings. The van der Waals surface area contributed by atoms with E-state index in [1.54, 1.807) is 4.68 Å². The van der Waals surface area contributed by atoms with E-state index in [0.717, 1.165) is 6.54 Å². The third-order valence-electron chi connectivity index (χ3n) is 3.37. The van der Waals surface area contributed by atoms with Crippen molar-refractivity contribution in [1.82, 2.24) is 20.0 Å². The number of amides is 1. The molecule has 0 spiro atoms. The summed E-state index contributed by atoms with van der Waals surface area (Å²) < 4.78 is 1.66. The van der Waals surface area contributed by atoms with Crippen LogP contribution >= 0.6 is 0 Å². The highest BCUT2D eigenvalue weighted by molar-refractivity contribution is 5.98. The summed E-state index contributed by atoms with van der Waals surface area (Å²) in [5.41, 5.74) is 7.61. The van der Waals surface area contributed by atoms with Crippen molar-refractivity contribution in [3.8, 4) is 0 Å². The Bertz CT molecular complexity index is 464. The molecule has 0 saturated heterocycles. The second-order valence-corrected chi connectivity index (χ2v) is 5.75. The zero-order valence-corrected chi connectivity index (χ0v) is 13.4. The number of carbonyl (C=O) groups is 1. The molecule has 1 unspecified atom stereocenters. The fourth-order valence-corrected chi connectivity index (χ4v) is 2.12. The van der Waals surface area contributed by atoms with E-state index in [1.807, 2.05) is 27.9 Å². The molecule has 20 heavy (non-hydrogen) atoms. The summed E-state index contributed by atoms with van der Waals surface area (Å²) in [4.78, 5) is 14.6. The maximum atomic E-state index is 12.5. The molecular weight excluding hydrogens is 254 g/mol. The number of nitrogens with two attached hydrogens (primary N) is 1. The normalized spacial score (nSPS) is 13.0. The molecule has 114 valence electrons. The van der Waals surface area contributed by atoms with Crippen molar-refractivity contribution in [2.75, 3.05) is 26.4 Å². The number of nitrogens with zero attached hydrogens (tertiary/aromatic N) is 3. The molecule has 0 bridgehead atoms. The molecule has 1 amide bonds. The van der Waals surface area contributed by atoms with E-state index in [1.165, 1.54) is 0 Å². The van der Waals surface area contributed by atoms with Crippen LogP contribution in [-0.2, 0) is 6.54 Å². The summed E-state index contributed by atoms with van der Waals surface area (Å²) in [6.07, 6.45) is 0. The van der Waals surface area contributed by atoms with Gasteiger partial charge in [0, 0.05) is 19.1 Å². The van der Waals surface area contributed by atoms with E-state index >= 15 is 0 Å². The first-order valence-electron chi connectivity index (χ1n) is 7.06. The Hall–Kier alpha value is -1.56. The first kappa shape index (κ1) is 16.5. The summed E-state index contributed by atoms with van der Waals surface area (Å²) in [6, 6.07) is 0.0809. The second kappa shape index (κ2) is 6.74. The first-order chi connectivity index (χ1) is 9.27. The van der Waals surface area contributed by atoms with Gasteiger partial charge in [0.25, 0.3) is 5.91 Å². The average molecular weight is 281 g/mol. The molecular formula is C14H27N5O. The minimum absolute atomic E-state index is 0.0809. The standard InChI is InChI=1S/C14H27N5O/c1-7-19-13(12(15)10(4)17-19)14(20)16-11(9(2)3)8-18(5)6/h9,11H,7-8,15H2,1-6H3,(H,16,20). The average Bonchev–Trinajstić information content (AvgIpc) is 2.63. The van der Waals surface area contributed by atoms with Crippen LogP contribution in [0.1, 0.15) is 37.0 Å². The molecule has 1 atom stereocenters. The Morgan fingerprint density at radius 2 is 2.05 bits per heavy atom. The minimum atomic E-state index is -0.148. The van der Waals surface area contributed by atoms with Crippen molar-refractivity contribution < 1.29 is 4.79 Å². The van der Waals surface area contributed by atoms with Crippen LogP contribution in [-0.4, -0.2) is 47.3 Å². The van der Waals surface area contributed by atoms with Crippen LogP contribution in [0.2, 0.25) is 0 Å². The van der Waals surface area contributed by atoms with Gasteiger partial charge in [-0.3, -0.25) is 9.48 Å². The minimum Gasteiger partial charge on any atom is -0.395 e. The van der Waals surface area contributed by atoms with Crippen molar-refractivity contribution in [3.63, 3.8) is 0 Å². The lowest BCUT2D eigenvalue weighted by atomic mass is 10.0. The van der Waals surface area contributed by atoms with E-state index in [-0.39, 0.29) is 11.9 Å². The van der Waals surface area contributed by atoms with Crippen molar-refractivity contribution in [3.05, 3.63) is 11.4 Å². The molecule has 0 aromatic carbocycles. The van der Waals surface area contributed by atoms with E-state index in [4.69, 9.17) is 5.73 Å². The Kier molecular flexibility index (Phi) is 5.56. The number of carbonyl (C=O) groups excluding carboxylic acids is 1. The van der Waals surface area contributed by atoms with Gasteiger partial charge < -0.3 is 16.0 Å². The molecule has 0 saturated carbocycles. The van der Waals surface area contributed by atoms with Gasteiger partial charge >= 0.3 is 0 Å². The molecule has 6 nitrogen and oxygen atoms in total. The van der Waals surface area contributed by atoms with Gasteiger partial charge in [-0.2, -0.15) is 5.10 Å². The van der Waals surface area contributed by atoms with Crippen molar-refractivity contribution in [1.29, 1.82) is 0 Å². The summed E-state index contributed by atoms with van der Waals surface area (Å²) in [5, 5.41) is 7.35. The molecule has 0 fully saturated rings. The molecule has 1 rings (SSSR count). The van der Waals surface area contributed by atoms with E-state index in [9.17, 15) is 4.79 Å². The number of anilines is 1. The Morgan fingerprint density at radius 3 is 2.50 bits per heavy atom. The highest BCUT2D eigenvalue weighted by Gasteiger charge is 2.23. The summed E-state index contributed by atoms with van der Waals surface area (Å²) >= 11 is 0. The predicted octanol–water partition coefficient (Wildman–Crippen LogP) is 1.11. The number of hydrogen-bond acceptors (Lipinski definition) is 4. The molecule has 0 aliphatic rings. The van der Waals surface area contributed by atoms with E-state index in [2.05, 4.69) is 29.2 Å². The lowest BCUT2D eigenvalue weighted by Crippen LogP contribution is -2.45. The maximum absolute atomic E-state index is 12.5. The molecule has 6 heteroatoms. The SMILES string of the molecule is CCn1nc(C)c(N)c1C(=O)NC(CN(C)C)C(C)C. The van der Waals surface area contributed by atoms with Crippen molar-refractivity contribution in [2.24, 2.45) is 5.92 Å². The summed E-state index contributed by atoms with van der Waals surface area (Å²) in [6.45, 7) is 9.38. The first-order valence-corrected chi connectivity index (χ1v) is 7.06. The molecule has 3 N–H and O–H groups in total. The summed E-state index contributed by atoms with van der Waals surface area (Å²) in [5.74, 6) is 0.201. The third kappa shape index (κ3) is 3.72. The number of rotatable bonds is 6.